The summed E-state index contributed by atoms with van der Waals surface area (Å²) in [6.45, 7) is 0.152. The van der Waals surface area contributed by atoms with E-state index < -0.39 is 34.8 Å². The van der Waals surface area contributed by atoms with Crippen molar-refractivity contribution in [1.82, 2.24) is 15.1 Å². The number of alkyl halides is 5. The molecule has 0 unspecified atom stereocenters. The molecule has 1 fully saturated rings. The van der Waals surface area contributed by atoms with Gasteiger partial charge in [-0.3, -0.25) is 0 Å². The van der Waals surface area contributed by atoms with Crippen molar-refractivity contribution in [3.8, 4) is 0 Å². The van der Waals surface area contributed by atoms with Crippen LogP contribution in [0.5, 0.6) is 0 Å². The van der Waals surface area contributed by atoms with E-state index in [4.69, 9.17) is 0 Å². The lowest BCUT2D eigenvalue weighted by Gasteiger charge is -2.35. The SMILES string of the molecule is O=C(Nc1ccnnc1)N1CCC(C(F)(F)Sc2ccc(C(F)(F)F)c(F)c2)CC1. The first-order chi connectivity index (χ1) is 14.1. The summed E-state index contributed by atoms with van der Waals surface area (Å²) in [6.07, 6.45) is -2.17. The quantitative estimate of drug-likeness (QED) is 0.510. The maximum atomic E-state index is 14.6. The molecular formula is C18H16F6N4OS. The number of carbonyl (C=O) groups is 1. The minimum atomic E-state index is -4.89. The normalized spacial score (nSPS) is 15.9. The van der Waals surface area contributed by atoms with E-state index >= 15 is 0 Å². The number of carbonyl (C=O) groups excluding carboxylic acids is 1. The maximum Gasteiger partial charge on any atom is 0.419 e. The number of amides is 2. The molecule has 3 rings (SSSR count). The Morgan fingerprint density at radius 2 is 1.80 bits per heavy atom. The van der Waals surface area contributed by atoms with E-state index in [0.29, 0.717) is 17.8 Å². The Hall–Kier alpha value is -2.50. The third kappa shape index (κ3) is 5.35. The number of benzene rings is 1. The number of hydrogen-bond donors (Lipinski definition) is 1. The highest BCUT2D eigenvalue weighted by Gasteiger charge is 2.43. The minimum Gasteiger partial charge on any atom is -0.325 e. The minimum absolute atomic E-state index is 0.00880. The topological polar surface area (TPSA) is 58.1 Å². The maximum absolute atomic E-state index is 14.6. The lowest BCUT2D eigenvalue weighted by Crippen LogP contribution is -2.44. The number of likely N-dealkylation sites (tertiary alicyclic amines) is 1. The molecular weight excluding hydrogens is 434 g/mol. The standard InChI is InChI=1S/C18H16F6N4OS/c19-15-9-13(1-2-14(15)17(20,21)22)30-18(23,24)11-4-7-28(8-5-11)16(29)27-12-3-6-25-26-10-12/h1-3,6,9-11H,4-5,7-8H2,(H,25,27,29). The van der Waals surface area contributed by atoms with Crippen LogP contribution in [0.3, 0.4) is 0 Å². The molecule has 0 saturated carbocycles. The van der Waals surface area contributed by atoms with E-state index in [1.165, 1.54) is 23.4 Å². The van der Waals surface area contributed by atoms with Crippen LogP contribution in [-0.2, 0) is 6.18 Å². The van der Waals surface area contributed by atoms with Crippen molar-refractivity contribution in [2.75, 3.05) is 18.4 Å². The van der Waals surface area contributed by atoms with Crippen molar-refractivity contribution >= 4 is 23.5 Å². The Kier molecular flexibility index (Phi) is 6.44. The van der Waals surface area contributed by atoms with Crippen LogP contribution in [0, 0.1) is 11.7 Å². The number of thioether (sulfide) groups is 1. The van der Waals surface area contributed by atoms with Gasteiger partial charge in [0.2, 0.25) is 0 Å². The molecule has 1 aromatic carbocycles. The van der Waals surface area contributed by atoms with Gasteiger partial charge in [0.15, 0.2) is 0 Å². The molecule has 30 heavy (non-hydrogen) atoms. The lowest BCUT2D eigenvalue weighted by molar-refractivity contribution is -0.140. The number of halogens is 6. The Bertz CT molecular complexity index is 888. The molecule has 2 heterocycles. The van der Waals surface area contributed by atoms with Gasteiger partial charge in [-0.15, -0.1) is 0 Å². The van der Waals surface area contributed by atoms with Gasteiger partial charge in [0.25, 0.3) is 0 Å². The second kappa shape index (κ2) is 8.70. The van der Waals surface area contributed by atoms with Gasteiger partial charge in [0, 0.05) is 23.9 Å². The molecule has 1 aromatic heterocycles. The zero-order valence-electron chi connectivity index (χ0n) is 15.3. The molecule has 1 N–H and O–H groups in total. The predicted octanol–water partition coefficient (Wildman–Crippen LogP) is 5.26. The predicted molar refractivity (Wildman–Crippen MR) is 97.6 cm³/mol. The molecule has 1 aliphatic heterocycles. The van der Waals surface area contributed by atoms with Gasteiger partial charge in [-0.25, -0.2) is 9.18 Å². The Morgan fingerprint density at radius 3 is 2.37 bits per heavy atom. The fraction of sp³-hybridized carbons (Fsp3) is 0.389. The van der Waals surface area contributed by atoms with Crippen LogP contribution in [0.25, 0.3) is 0 Å². The van der Waals surface area contributed by atoms with Crippen molar-refractivity contribution < 1.29 is 31.1 Å². The molecule has 2 aromatic rings. The van der Waals surface area contributed by atoms with Crippen molar-refractivity contribution in [3.63, 3.8) is 0 Å². The highest BCUT2D eigenvalue weighted by Crippen LogP contribution is 2.46. The van der Waals surface area contributed by atoms with Crippen molar-refractivity contribution in [3.05, 3.63) is 48.0 Å². The monoisotopic (exact) mass is 450 g/mol. The van der Waals surface area contributed by atoms with Crippen LogP contribution in [0.15, 0.2) is 41.6 Å². The smallest absolute Gasteiger partial charge is 0.325 e. The van der Waals surface area contributed by atoms with Crippen LogP contribution in [0.1, 0.15) is 18.4 Å². The van der Waals surface area contributed by atoms with Gasteiger partial charge >= 0.3 is 17.5 Å². The number of rotatable bonds is 4. The molecule has 0 bridgehead atoms. The summed E-state index contributed by atoms with van der Waals surface area (Å²) in [5.41, 5.74) is -1.08. The number of piperidine rings is 1. The van der Waals surface area contributed by atoms with E-state index in [2.05, 4.69) is 15.5 Å². The number of aromatic nitrogens is 2. The third-order valence-electron chi connectivity index (χ3n) is 4.59. The zero-order chi connectivity index (χ0) is 21.9. The van der Waals surface area contributed by atoms with Crippen LogP contribution in [0.2, 0.25) is 0 Å². The molecule has 0 atom stereocenters. The number of anilines is 1. The van der Waals surface area contributed by atoms with Gasteiger partial charge < -0.3 is 10.2 Å². The van der Waals surface area contributed by atoms with Crippen LogP contribution in [-0.4, -0.2) is 39.5 Å². The van der Waals surface area contributed by atoms with Crippen LogP contribution in [0.4, 0.5) is 36.8 Å². The highest BCUT2D eigenvalue weighted by molar-refractivity contribution is 8.00. The summed E-state index contributed by atoms with van der Waals surface area (Å²) >= 11 is 0.0232. The number of nitrogens with one attached hydrogen (secondary N) is 1. The average molecular weight is 450 g/mol. The van der Waals surface area contributed by atoms with Gasteiger partial charge in [0.05, 0.1) is 23.6 Å². The van der Waals surface area contributed by atoms with Gasteiger partial charge in [0.1, 0.15) is 5.82 Å². The molecule has 5 nitrogen and oxygen atoms in total. The Morgan fingerprint density at radius 1 is 1.10 bits per heavy atom. The first-order valence-corrected chi connectivity index (χ1v) is 9.64. The second-order valence-corrected chi connectivity index (χ2v) is 7.85. The number of urea groups is 1. The van der Waals surface area contributed by atoms with E-state index in [1.807, 2.05) is 0 Å². The first-order valence-electron chi connectivity index (χ1n) is 8.82. The van der Waals surface area contributed by atoms with E-state index in [1.54, 1.807) is 0 Å². The highest BCUT2D eigenvalue weighted by atomic mass is 32.2. The average Bonchev–Trinajstić information content (AvgIpc) is 2.67. The zero-order valence-corrected chi connectivity index (χ0v) is 16.1. The first kappa shape index (κ1) is 22.2. The van der Waals surface area contributed by atoms with E-state index in [0.717, 1.165) is 6.07 Å². The van der Waals surface area contributed by atoms with Gasteiger partial charge in [-0.2, -0.15) is 32.1 Å². The lowest BCUT2D eigenvalue weighted by atomic mass is 9.97. The van der Waals surface area contributed by atoms with Gasteiger partial charge in [-0.05, 0) is 37.1 Å². The van der Waals surface area contributed by atoms with Crippen molar-refractivity contribution in [1.29, 1.82) is 0 Å². The van der Waals surface area contributed by atoms with Crippen LogP contribution >= 0.6 is 11.8 Å². The number of hydrogen-bond acceptors (Lipinski definition) is 4. The molecule has 162 valence electrons. The van der Waals surface area contributed by atoms with E-state index in [9.17, 15) is 31.1 Å². The summed E-state index contributed by atoms with van der Waals surface area (Å²) in [7, 11) is 0. The summed E-state index contributed by atoms with van der Waals surface area (Å²) in [6, 6.07) is 2.82. The summed E-state index contributed by atoms with van der Waals surface area (Å²) in [4.78, 5) is 13.3. The molecule has 0 radical (unpaired) electrons. The molecule has 2 amide bonds. The summed E-state index contributed by atoms with van der Waals surface area (Å²) < 4.78 is 80.7. The summed E-state index contributed by atoms with van der Waals surface area (Å²) in [5.74, 6) is -2.71. The van der Waals surface area contributed by atoms with Gasteiger partial charge in [-0.1, -0.05) is 11.8 Å². The molecule has 0 spiro atoms. The van der Waals surface area contributed by atoms with E-state index in [-0.39, 0.29) is 42.6 Å². The van der Waals surface area contributed by atoms with Crippen molar-refractivity contribution in [2.45, 2.75) is 29.2 Å². The third-order valence-corrected chi connectivity index (χ3v) is 5.69. The molecule has 0 aliphatic carbocycles. The Labute approximate surface area is 171 Å². The molecule has 12 heteroatoms. The second-order valence-electron chi connectivity index (χ2n) is 6.63. The largest absolute Gasteiger partial charge is 0.419 e. The van der Waals surface area contributed by atoms with Crippen LogP contribution < -0.4 is 5.32 Å². The van der Waals surface area contributed by atoms with Crippen molar-refractivity contribution in [2.24, 2.45) is 5.92 Å². The molecule has 1 aliphatic rings. The molecule has 1 saturated heterocycles. The summed E-state index contributed by atoms with van der Waals surface area (Å²) in [5, 5.41) is 6.45. The fourth-order valence-corrected chi connectivity index (χ4v) is 4.03. The number of nitrogens with zero attached hydrogens (tertiary/aromatic N) is 3. The Balaban J connectivity index is 1.58. The fourth-order valence-electron chi connectivity index (χ4n) is 3.02.